The molecule has 2 saturated heterocycles. The molecule has 0 aromatic heterocycles. The first-order valence-electron chi connectivity index (χ1n) is 10.0. The third kappa shape index (κ3) is 2.03. The van der Waals surface area contributed by atoms with Crippen molar-refractivity contribution in [2.75, 3.05) is 13.1 Å². The fraction of sp³-hybridized carbons (Fsp3) is 0.667. The summed E-state index contributed by atoms with van der Waals surface area (Å²) in [5, 5.41) is 13.8. The van der Waals surface area contributed by atoms with E-state index in [0.717, 1.165) is 29.0 Å². The van der Waals surface area contributed by atoms with Crippen LogP contribution in [0.25, 0.3) is 0 Å². The Morgan fingerprint density at radius 2 is 2.11 bits per heavy atom. The number of rotatable bonds is 0. The average molecular weight is 394 g/mol. The van der Waals surface area contributed by atoms with Crippen molar-refractivity contribution in [3.8, 4) is 5.75 Å². The van der Waals surface area contributed by atoms with Crippen molar-refractivity contribution in [1.82, 2.24) is 10.2 Å². The number of hydrogen-bond acceptors (Lipinski definition) is 3. The van der Waals surface area contributed by atoms with E-state index in [1.165, 1.54) is 0 Å². The van der Waals surface area contributed by atoms with Gasteiger partial charge >= 0.3 is 12.1 Å². The Labute approximate surface area is 162 Å². The maximum absolute atomic E-state index is 13.3. The van der Waals surface area contributed by atoms with E-state index >= 15 is 0 Å². The monoisotopic (exact) mass is 394 g/mol. The molecular formula is C21H25F3N2O2. The normalized spacial score (nSPS) is 41.4. The Hall–Kier alpha value is -1.76. The number of benzene rings is 1. The Kier molecular flexibility index (Phi) is 3.55. The van der Waals surface area contributed by atoms with Gasteiger partial charge in [0.25, 0.3) is 0 Å². The molecule has 2 aliphatic heterocycles. The highest BCUT2D eigenvalue weighted by molar-refractivity contribution is 5.82. The number of fused-ring (bicyclic) bond motifs is 2. The van der Waals surface area contributed by atoms with Crippen molar-refractivity contribution in [2.24, 2.45) is 17.3 Å². The predicted molar refractivity (Wildman–Crippen MR) is 96.8 cm³/mol. The maximum Gasteiger partial charge on any atom is 0.471 e. The number of carbonyl (C=O) groups excluding carboxylic acids is 1. The van der Waals surface area contributed by atoms with E-state index in [4.69, 9.17) is 0 Å². The highest BCUT2D eigenvalue weighted by Gasteiger charge is 2.72. The minimum absolute atomic E-state index is 0.115. The molecule has 3 fully saturated rings. The van der Waals surface area contributed by atoms with E-state index in [1.807, 2.05) is 12.1 Å². The third-order valence-electron chi connectivity index (χ3n) is 8.37. The number of alkyl halides is 3. The molecule has 0 radical (unpaired) electrons. The lowest BCUT2D eigenvalue weighted by atomic mass is 9.48. The van der Waals surface area contributed by atoms with Crippen LogP contribution in [0.3, 0.4) is 0 Å². The largest absolute Gasteiger partial charge is 0.508 e. The molecular weight excluding hydrogens is 369 g/mol. The molecule has 1 amide bonds. The van der Waals surface area contributed by atoms with Crippen LogP contribution in [-0.2, 0) is 16.6 Å². The Morgan fingerprint density at radius 3 is 2.82 bits per heavy atom. The standard InChI is InChI=1S/C21H25F3N2O2/c1-11-17-13(10-25-11)9-19(2)16-7-12-3-4-14(27)8-15(12)20(17,19)5-6-26(16)18(28)21(22,23)24/h3-4,8,11,13,16-17,25,27H,5-7,9-10H2,1-2H3/t11?,13-,16?,17?,19?,20?/m0/s1. The molecule has 4 nitrogen and oxygen atoms in total. The van der Waals surface area contributed by atoms with Crippen molar-refractivity contribution in [3.05, 3.63) is 29.3 Å². The second-order valence-corrected chi connectivity index (χ2v) is 9.38. The summed E-state index contributed by atoms with van der Waals surface area (Å²) in [6.45, 7) is 5.22. The summed E-state index contributed by atoms with van der Waals surface area (Å²) < 4.78 is 40.0. The SMILES string of the molecule is CC1NC[C@@H]2CC3(C)C4Cc5ccc(O)cc5C3(CCN4C(=O)C(F)(F)F)C12. The van der Waals surface area contributed by atoms with Crippen LogP contribution in [-0.4, -0.2) is 47.3 Å². The van der Waals surface area contributed by atoms with Crippen molar-refractivity contribution >= 4 is 5.91 Å². The van der Waals surface area contributed by atoms with E-state index in [-0.39, 0.29) is 23.8 Å². The van der Waals surface area contributed by atoms with Gasteiger partial charge in [-0.1, -0.05) is 13.0 Å². The number of piperidine rings is 1. The topological polar surface area (TPSA) is 52.6 Å². The van der Waals surface area contributed by atoms with Crippen LogP contribution in [0.2, 0.25) is 0 Å². The van der Waals surface area contributed by atoms with Crippen LogP contribution in [0.15, 0.2) is 18.2 Å². The quantitative estimate of drug-likeness (QED) is 0.711. The summed E-state index contributed by atoms with van der Waals surface area (Å²) >= 11 is 0. The van der Waals surface area contributed by atoms with Crippen molar-refractivity contribution in [1.29, 1.82) is 0 Å². The first-order chi connectivity index (χ1) is 13.1. The fourth-order valence-corrected chi connectivity index (χ4v) is 7.55. The number of carbonyl (C=O) groups is 1. The van der Waals surface area contributed by atoms with Gasteiger partial charge in [0.2, 0.25) is 0 Å². The molecule has 28 heavy (non-hydrogen) atoms. The molecule has 5 rings (SSSR count). The summed E-state index contributed by atoms with van der Waals surface area (Å²) in [5.41, 5.74) is 1.31. The van der Waals surface area contributed by atoms with E-state index in [0.29, 0.717) is 24.7 Å². The van der Waals surface area contributed by atoms with Gasteiger partial charge in [-0.05, 0) is 73.2 Å². The zero-order valence-electron chi connectivity index (χ0n) is 16.0. The van der Waals surface area contributed by atoms with Gasteiger partial charge in [-0.2, -0.15) is 13.2 Å². The molecule has 2 bridgehead atoms. The predicted octanol–water partition coefficient (Wildman–Crippen LogP) is 2.98. The molecule has 0 spiro atoms. The second-order valence-electron chi connectivity index (χ2n) is 9.38. The van der Waals surface area contributed by atoms with Gasteiger partial charge in [0, 0.05) is 24.0 Å². The van der Waals surface area contributed by atoms with Crippen LogP contribution in [0.4, 0.5) is 13.2 Å². The summed E-state index contributed by atoms with van der Waals surface area (Å²) in [7, 11) is 0. The van der Waals surface area contributed by atoms with Crippen LogP contribution in [0.1, 0.15) is 37.8 Å². The Morgan fingerprint density at radius 1 is 1.36 bits per heavy atom. The zero-order valence-corrected chi connectivity index (χ0v) is 16.0. The summed E-state index contributed by atoms with van der Waals surface area (Å²) in [6.07, 6.45) is -3.13. The van der Waals surface area contributed by atoms with E-state index in [9.17, 15) is 23.1 Å². The molecule has 1 aromatic carbocycles. The molecule has 2 heterocycles. The maximum atomic E-state index is 13.3. The first-order valence-corrected chi connectivity index (χ1v) is 10.0. The lowest BCUT2D eigenvalue weighted by Gasteiger charge is -2.62. The minimum Gasteiger partial charge on any atom is -0.508 e. The molecule has 6 atom stereocenters. The van der Waals surface area contributed by atoms with Crippen molar-refractivity contribution in [2.45, 2.75) is 56.8 Å². The van der Waals surface area contributed by atoms with Crippen LogP contribution < -0.4 is 5.32 Å². The number of aromatic hydroxyl groups is 1. The molecule has 152 valence electrons. The van der Waals surface area contributed by atoms with Crippen LogP contribution >= 0.6 is 0 Å². The third-order valence-corrected chi connectivity index (χ3v) is 8.37. The van der Waals surface area contributed by atoms with E-state index in [1.54, 1.807) is 6.07 Å². The highest BCUT2D eigenvalue weighted by atomic mass is 19.4. The van der Waals surface area contributed by atoms with Gasteiger partial charge in [0.1, 0.15) is 5.75 Å². The Balaban J connectivity index is 1.72. The number of likely N-dealkylation sites (tertiary alicyclic amines) is 1. The highest BCUT2D eigenvalue weighted by Crippen LogP contribution is 2.70. The summed E-state index contributed by atoms with van der Waals surface area (Å²) in [4.78, 5) is 13.4. The summed E-state index contributed by atoms with van der Waals surface area (Å²) in [6, 6.07) is 5.06. The molecule has 4 aliphatic rings. The lowest BCUT2D eigenvalue weighted by molar-refractivity contribution is -0.196. The zero-order chi connectivity index (χ0) is 20.1. The lowest BCUT2D eigenvalue weighted by Crippen LogP contribution is -2.68. The number of nitrogens with one attached hydrogen (secondary N) is 1. The van der Waals surface area contributed by atoms with Crippen molar-refractivity contribution in [3.63, 3.8) is 0 Å². The van der Waals surface area contributed by atoms with Gasteiger partial charge < -0.3 is 15.3 Å². The summed E-state index contributed by atoms with van der Waals surface area (Å²) in [5.74, 6) is -0.844. The minimum atomic E-state index is -4.85. The molecule has 1 saturated carbocycles. The van der Waals surface area contributed by atoms with Gasteiger partial charge in [-0.3, -0.25) is 4.79 Å². The van der Waals surface area contributed by atoms with Gasteiger partial charge in [0.15, 0.2) is 0 Å². The smallest absolute Gasteiger partial charge is 0.471 e. The molecule has 7 heteroatoms. The Bertz CT molecular complexity index is 857. The number of nitrogens with zero attached hydrogens (tertiary/aromatic N) is 1. The second kappa shape index (κ2) is 5.43. The van der Waals surface area contributed by atoms with Crippen LogP contribution in [0.5, 0.6) is 5.75 Å². The van der Waals surface area contributed by atoms with E-state index < -0.39 is 23.5 Å². The molecule has 1 aromatic rings. The van der Waals surface area contributed by atoms with Crippen molar-refractivity contribution < 1.29 is 23.1 Å². The fourth-order valence-electron chi connectivity index (χ4n) is 7.55. The van der Waals surface area contributed by atoms with Gasteiger partial charge in [-0.15, -0.1) is 0 Å². The number of halogens is 3. The molecule has 2 aliphatic carbocycles. The number of phenols is 1. The molecule has 5 unspecified atom stereocenters. The number of hydrogen-bond donors (Lipinski definition) is 2. The average Bonchev–Trinajstić information content (AvgIpc) is 3.09. The van der Waals surface area contributed by atoms with Gasteiger partial charge in [-0.25, -0.2) is 0 Å². The van der Waals surface area contributed by atoms with Crippen LogP contribution in [0, 0.1) is 17.3 Å². The molecule has 2 N–H and O–H groups in total. The number of amides is 1. The number of phenolic OH excluding ortho intramolecular Hbond substituents is 1. The first kappa shape index (κ1) is 18.3. The van der Waals surface area contributed by atoms with E-state index in [2.05, 4.69) is 19.2 Å². The van der Waals surface area contributed by atoms with Gasteiger partial charge in [0.05, 0.1) is 0 Å².